The van der Waals surface area contributed by atoms with E-state index in [4.69, 9.17) is 11.6 Å². The van der Waals surface area contributed by atoms with Crippen molar-refractivity contribution in [1.82, 2.24) is 5.32 Å². The summed E-state index contributed by atoms with van der Waals surface area (Å²) in [5, 5.41) is 3.28. The molecule has 21 heavy (non-hydrogen) atoms. The van der Waals surface area contributed by atoms with Crippen molar-refractivity contribution in [2.75, 3.05) is 10.6 Å². The van der Waals surface area contributed by atoms with Crippen molar-refractivity contribution in [2.24, 2.45) is 0 Å². The number of hydrogen-bond donors (Lipinski definition) is 1. The van der Waals surface area contributed by atoms with Gasteiger partial charge in [0.1, 0.15) is 6.04 Å². The molecule has 0 unspecified atom stereocenters. The number of hydrogen-bond acceptors (Lipinski definition) is 3. The number of benzene rings is 1. The van der Waals surface area contributed by atoms with Gasteiger partial charge in [0.2, 0.25) is 15.9 Å². The van der Waals surface area contributed by atoms with Crippen molar-refractivity contribution < 1.29 is 13.2 Å². The minimum absolute atomic E-state index is 0.358. The molecule has 1 aromatic carbocycles. The Labute approximate surface area is 131 Å². The van der Waals surface area contributed by atoms with Crippen molar-refractivity contribution >= 4 is 33.2 Å². The number of nitrogens with zero attached hydrogens (tertiary/aromatic N) is 1. The van der Waals surface area contributed by atoms with Gasteiger partial charge in [0.25, 0.3) is 0 Å². The highest BCUT2D eigenvalue weighted by Crippen LogP contribution is 2.23. The largest absolute Gasteiger partial charge is 0.350 e. The average Bonchev–Trinajstić information content (AvgIpc) is 2.27. The summed E-state index contributed by atoms with van der Waals surface area (Å²) in [5.41, 5.74) is -0.0346. The predicted molar refractivity (Wildman–Crippen MR) is 86.1 cm³/mol. The molecule has 0 radical (unpaired) electrons. The van der Waals surface area contributed by atoms with Gasteiger partial charge >= 0.3 is 0 Å². The fourth-order valence-corrected chi connectivity index (χ4v) is 3.17. The average molecular weight is 333 g/mol. The molecular formula is C14H21ClN2O3S. The molecule has 0 aliphatic heterocycles. The van der Waals surface area contributed by atoms with E-state index in [1.54, 1.807) is 31.2 Å². The number of nitrogens with one attached hydrogen (secondary N) is 1. The number of carbonyl (C=O) groups is 1. The summed E-state index contributed by atoms with van der Waals surface area (Å²) in [6, 6.07) is 5.46. The third-order valence-electron chi connectivity index (χ3n) is 2.67. The summed E-state index contributed by atoms with van der Waals surface area (Å²) < 4.78 is 25.2. The van der Waals surface area contributed by atoms with Crippen molar-refractivity contribution in [2.45, 2.75) is 39.3 Å². The maximum Gasteiger partial charge on any atom is 0.244 e. The van der Waals surface area contributed by atoms with E-state index >= 15 is 0 Å². The van der Waals surface area contributed by atoms with Crippen molar-refractivity contribution in [3.63, 3.8) is 0 Å². The highest BCUT2D eigenvalue weighted by atomic mass is 35.5. The standard InChI is InChI=1S/C14H21ClN2O3S/c1-10(13(18)16-14(2,3)4)17(21(5,19)20)12-8-6-11(15)7-9-12/h6-10H,1-5H3,(H,16,18)/t10-/m0/s1. The van der Waals surface area contributed by atoms with Crippen LogP contribution in [0.5, 0.6) is 0 Å². The van der Waals surface area contributed by atoms with E-state index in [-0.39, 0.29) is 5.91 Å². The maximum atomic E-state index is 12.2. The van der Waals surface area contributed by atoms with E-state index in [9.17, 15) is 13.2 Å². The molecule has 0 bridgehead atoms. The molecule has 0 heterocycles. The Bertz CT molecular complexity index is 606. The highest BCUT2D eigenvalue weighted by molar-refractivity contribution is 7.92. The normalized spacial score (nSPS) is 13.6. The van der Waals surface area contributed by atoms with Gasteiger partial charge in [0.05, 0.1) is 11.9 Å². The smallest absolute Gasteiger partial charge is 0.244 e. The van der Waals surface area contributed by atoms with Gasteiger partial charge in [-0.3, -0.25) is 9.10 Å². The lowest BCUT2D eigenvalue weighted by atomic mass is 10.1. The van der Waals surface area contributed by atoms with Crippen LogP contribution < -0.4 is 9.62 Å². The quantitative estimate of drug-likeness (QED) is 0.920. The van der Waals surface area contributed by atoms with Gasteiger partial charge in [-0.15, -0.1) is 0 Å². The van der Waals surface area contributed by atoms with Crippen LogP contribution in [0.25, 0.3) is 0 Å². The van der Waals surface area contributed by atoms with Gasteiger partial charge in [-0.1, -0.05) is 11.6 Å². The number of rotatable bonds is 4. The molecule has 1 N–H and O–H groups in total. The fraction of sp³-hybridized carbons (Fsp3) is 0.500. The monoisotopic (exact) mass is 332 g/mol. The Morgan fingerprint density at radius 3 is 2.10 bits per heavy atom. The Kier molecular flexibility index (Phi) is 5.28. The molecule has 118 valence electrons. The second kappa shape index (κ2) is 6.23. The molecule has 1 aromatic rings. The third kappa shape index (κ3) is 5.21. The summed E-state index contributed by atoms with van der Waals surface area (Å²) in [5.74, 6) is -0.358. The zero-order valence-electron chi connectivity index (χ0n) is 12.8. The number of anilines is 1. The number of amides is 1. The Morgan fingerprint density at radius 2 is 1.71 bits per heavy atom. The molecular weight excluding hydrogens is 312 g/mol. The van der Waals surface area contributed by atoms with Crippen molar-refractivity contribution in [1.29, 1.82) is 0 Å². The van der Waals surface area contributed by atoms with E-state index in [2.05, 4.69) is 5.32 Å². The maximum absolute atomic E-state index is 12.2. The van der Waals surface area contributed by atoms with Crippen LogP contribution in [0.3, 0.4) is 0 Å². The van der Waals surface area contributed by atoms with Crippen LogP contribution >= 0.6 is 11.6 Å². The zero-order valence-corrected chi connectivity index (χ0v) is 14.4. The van der Waals surface area contributed by atoms with Gasteiger partial charge < -0.3 is 5.32 Å². The third-order valence-corrected chi connectivity index (χ3v) is 4.16. The Morgan fingerprint density at radius 1 is 1.24 bits per heavy atom. The predicted octanol–water partition coefficient (Wildman–Crippen LogP) is 2.41. The molecule has 1 rings (SSSR count). The Hall–Kier alpha value is -1.27. The molecule has 7 heteroatoms. The second-order valence-electron chi connectivity index (χ2n) is 5.95. The number of halogens is 1. The van der Waals surface area contributed by atoms with Crippen LogP contribution in [0, 0.1) is 0 Å². The van der Waals surface area contributed by atoms with Crippen LogP contribution in [0.1, 0.15) is 27.7 Å². The SMILES string of the molecule is C[C@@H](C(=O)NC(C)(C)C)N(c1ccc(Cl)cc1)S(C)(=O)=O. The molecule has 0 fully saturated rings. The summed E-state index contributed by atoms with van der Waals surface area (Å²) in [6.45, 7) is 7.07. The summed E-state index contributed by atoms with van der Waals surface area (Å²) in [7, 11) is -3.60. The zero-order chi connectivity index (χ0) is 16.4. The van der Waals surface area contributed by atoms with Gasteiger partial charge in [-0.25, -0.2) is 8.42 Å². The Balaban J connectivity index is 3.15. The second-order valence-corrected chi connectivity index (χ2v) is 8.25. The van der Waals surface area contributed by atoms with Crippen LogP contribution in [0.2, 0.25) is 5.02 Å². The van der Waals surface area contributed by atoms with Gasteiger partial charge in [-0.05, 0) is 52.0 Å². The van der Waals surface area contributed by atoms with Crippen molar-refractivity contribution in [3.05, 3.63) is 29.3 Å². The summed E-state index contributed by atoms with van der Waals surface area (Å²) in [4.78, 5) is 12.2. The lowest BCUT2D eigenvalue weighted by molar-refractivity contribution is -0.123. The van der Waals surface area contributed by atoms with Gasteiger partial charge in [0, 0.05) is 10.6 Å². The van der Waals surface area contributed by atoms with Crippen LogP contribution in [0.15, 0.2) is 24.3 Å². The molecule has 0 aliphatic carbocycles. The molecule has 0 aromatic heterocycles. The van der Waals surface area contributed by atoms with Gasteiger partial charge in [0.15, 0.2) is 0 Å². The molecule has 1 atom stereocenters. The molecule has 5 nitrogen and oxygen atoms in total. The molecule has 0 aliphatic rings. The van der Waals surface area contributed by atoms with E-state index < -0.39 is 21.6 Å². The van der Waals surface area contributed by atoms with E-state index in [1.807, 2.05) is 20.8 Å². The highest BCUT2D eigenvalue weighted by Gasteiger charge is 2.30. The first-order valence-electron chi connectivity index (χ1n) is 6.49. The first-order valence-corrected chi connectivity index (χ1v) is 8.71. The molecule has 0 saturated heterocycles. The van der Waals surface area contributed by atoms with Crippen LogP contribution in [-0.2, 0) is 14.8 Å². The topological polar surface area (TPSA) is 66.5 Å². The van der Waals surface area contributed by atoms with E-state index in [0.717, 1.165) is 10.6 Å². The van der Waals surface area contributed by atoms with Crippen LogP contribution in [0.4, 0.5) is 5.69 Å². The number of carbonyl (C=O) groups excluding carboxylic acids is 1. The lowest BCUT2D eigenvalue weighted by Crippen LogP contribution is -2.52. The van der Waals surface area contributed by atoms with Crippen molar-refractivity contribution in [3.8, 4) is 0 Å². The minimum atomic E-state index is -3.60. The molecule has 1 amide bonds. The lowest BCUT2D eigenvalue weighted by Gasteiger charge is -2.31. The van der Waals surface area contributed by atoms with E-state index in [0.29, 0.717) is 10.7 Å². The fourth-order valence-electron chi connectivity index (χ4n) is 1.87. The first kappa shape index (κ1) is 17.8. The number of sulfonamides is 1. The van der Waals surface area contributed by atoms with Crippen LogP contribution in [-0.4, -0.2) is 32.2 Å². The molecule has 0 saturated carbocycles. The minimum Gasteiger partial charge on any atom is -0.350 e. The summed E-state index contributed by atoms with van der Waals surface area (Å²) in [6.07, 6.45) is 1.07. The summed E-state index contributed by atoms with van der Waals surface area (Å²) >= 11 is 5.81. The molecule has 0 spiro atoms. The van der Waals surface area contributed by atoms with Gasteiger partial charge in [-0.2, -0.15) is 0 Å². The first-order chi connectivity index (χ1) is 9.42. The van der Waals surface area contributed by atoms with E-state index in [1.165, 1.54) is 0 Å².